The lowest BCUT2D eigenvalue weighted by Crippen LogP contribution is -2.23. The largest absolute Gasteiger partial charge is 0.481 e. The minimum atomic E-state index is -3.34. The summed E-state index contributed by atoms with van der Waals surface area (Å²) in [5, 5.41) is -0.500. The molecule has 31 heavy (non-hydrogen) atoms. The Balaban J connectivity index is 2.33. The minimum Gasteiger partial charge on any atom is -0.481 e. The van der Waals surface area contributed by atoms with E-state index in [1.54, 1.807) is 24.3 Å². The highest BCUT2D eigenvalue weighted by Crippen LogP contribution is 2.21. The van der Waals surface area contributed by atoms with Crippen LogP contribution in [0.5, 0.6) is 5.75 Å². The zero-order chi connectivity index (χ0) is 23.0. The number of rotatable bonds is 19. The van der Waals surface area contributed by atoms with Gasteiger partial charge in [0.05, 0.1) is 5.75 Å². The number of ether oxygens (including phenoxy) is 1. The van der Waals surface area contributed by atoms with Crippen molar-refractivity contribution in [1.82, 2.24) is 0 Å². The van der Waals surface area contributed by atoms with E-state index in [4.69, 9.17) is 16.3 Å². The lowest BCUT2D eigenvalue weighted by molar-refractivity contribution is -0.118. The number of nitrogens with one attached hydrogen (secondary N) is 1. The number of hydrogen-bond acceptors (Lipinski definition) is 4. The Bertz CT molecular complexity index is 707. The molecule has 0 aliphatic carbocycles. The van der Waals surface area contributed by atoms with Crippen LogP contribution < -0.4 is 9.46 Å². The summed E-state index contributed by atoms with van der Waals surface area (Å²) >= 11 is 5.73. The average molecular weight is 474 g/mol. The first kappa shape index (κ1) is 27.8. The van der Waals surface area contributed by atoms with Crippen molar-refractivity contribution in [1.29, 1.82) is 0 Å². The smallest absolute Gasteiger partial charge is 0.262 e. The Morgan fingerprint density at radius 1 is 0.871 bits per heavy atom. The van der Waals surface area contributed by atoms with Gasteiger partial charge < -0.3 is 4.74 Å². The van der Waals surface area contributed by atoms with Gasteiger partial charge in [0.25, 0.3) is 5.24 Å². The van der Waals surface area contributed by atoms with Crippen LogP contribution in [-0.2, 0) is 14.8 Å². The summed E-state index contributed by atoms with van der Waals surface area (Å²) in [5.74, 6) is 0.603. The number of hydrogen-bond donors (Lipinski definition) is 1. The highest BCUT2D eigenvalue weighted by Gasteiger charge is 2.18. The molecule has 0 aromatic heterocycles. The molecule has 0 saturated heterocycles. The zero-order valence-corrected chi connectivity index (χ0v) is 20.8. The third kappa shape index (κ3) is 13.7. The highest BCUT2D eigenvalue weighted by molar-refractivity contribution is 7.92. The molecule has 0 radical (unpaired) electrons. The van der Waals surface area contributed by atoms with E-state index in [0.717, 1.165) is 19.3 Å². The summed E-state index contributed by atoms with van der Waals surface area (Å²) in [6.45, 7) is 4.18. The second-order valence-corrected chi connectivity index (χ2v) is 10.4. The van der Waals surface area contributed by atoms with E-state index < -0.39 is 21.4 Å². The molecule has 178 valence electrons. The molecule has 7 heteroatoms. The maximum Gasteiger partial charge on any atom is 0.262 e. The van der Waals surface area contributed by atoms with E-state index in [0.29, 0.717) is 24.3 Å². The molecule has 0 aliphatic rings. The minimum absolute atomic E-state index is 0.101. The fourth-order valence-electron chi connectivity index (χ4n) is 3.37. The highest BCUT2D eigenvalue weighted by atomic mass is 35.5. The van der Waals surface area contributed by atoms with Crippen molar-refractivity contribution in [3.05, 3.63) is 24.3 Å². The van der Waals surface area contributed by atoms with Crippen LogP contribution >= 0.6 is 11.6 Å². The van der Waals surface area contributed by atoms with Gasteiger partial charge in [-0.05, 0) is 55.1 Å². The number of benzene rings is 1. The lowest BCUT2D eigenvalue weighted by atomic mass is 10.0. The van der Waals surface area contributed by atoms with Gasteiger partial charge in [0.1, 0.15) is 5.75 Å². The summed E-state index contributed by atoms with van der Waals surface area (Å²) in [6, 6.07) is 6.58. The molecule has 1 rings (SSSR count). The van der Waals surface area contributed by atoms with Gasteiger partial charge in [-0.1, -0.05) is 78.1 Å². The maximum absolute atomic E-state index is 12.0. The second kappa shape index (κ2) is 16.4. The predicted octanol–water partition coefficient (Wildman–Crippen LogP) is 7.05. The van der Waals surface area contributed by atoms with Gasteiger partial charge in [0.2, 0.25) is 10.0 Å². The van der Waals surface area contributed by atoms with E-state index in [-0.39, 0.29) is 5.75 Å². The number of carbonyl (C=O) groups excluding carboxylic acids is 1. The fraction of sp³-hybridized carbons (Fsp3) is 0.708. The standard InChI is InChI=1S/C24H40ClNO4S/c1-3-5-7-8-9-10-11-12-13-14-15-23(24(25)27)30-22-18-16-21(17-19-22)26-31(28,29)20-6-4-2/h16-19,23,26H,3-15,20H2,1-2H3. The van der Waals surface area contributed by atoms with Crippen LogP contribution in [0.4, 0.5) is 5.69 Å². The van der Waals surface area contributed by atoms with Crippen LogP contribution in [0.3, 0.4) is 0 Å². The summed E-state index contributed by atoms with van der Waals surface area (Å²) in [5.41, 5.74) is 0.479. The van der Waals surface area contributed by atoms with Crippen LogP contribution in [0.25, 0.3) is 0 Å². The molecule has 0 aliphatic heterocycles. The summed E-state index contributed by atoms with van der Waals surface area (Å²) in [6.07, 6.45) is 13.6. The van der Waals surface area contributed by atoms with Crippen molar-refractivity contribution in [3.63, 3.8) is 0 Å². The topological polar surface area (TPSA) is 72.5 Å². The first-order valence-electron chi connectivity index (χ1n) is 11.8. The first-order valence-corrected chi connectivity index (χ1v) is 13.9. The number of carbonyl (C=O) groups is 1. The summed E-state index contributed by atoms with van der Waals surface area (Å²) in [4.78, 5) is 11.7. The lowest BCUT2D eigenvalue weighted by Gasteiger charge is -2.16. The molecule has 0 spiro atoms. The quantitative estimate of drug-likeness (QED) is 0.172. The van der Waals surface area contributed by atoms with Crippen molar-refractivity contribution in [2.45, 2.75) is 103 Å². The first-order chi connectivity index (χ1) is 14.9. The molecule has 5 nitrogen and oxygen atoms in total. The zero-order valence-electron chi connectivity index (χ0n) is 19.2. The van der Waals surface area contributed by atoms with E-state index in [1.807, 2.05) is 6.92 Å². The number of sulfonamides is 1. The van der Waals surface area contributed by atoms with Crippen LogP contribution in [-0.4, -0.2) is 25.5 Å². The Morgan fingerprint density at radius 2 is 1.39 bits per heavy atom. The third-order valence-corrected chi connectivity index (χ3v) is 6.86. The van der Waals surface area contributed by atoms with Crippen molar-refractivity contribution in [2.24, 2.45) is 0 Å². The van der Waals surface area contributed by atoms with Crippen LogP contribution in [0.1, 0.15) is 97.3 Å². The van der Waals surface area contributed by atoms with Crippen molar-refractivity contribution >= 4 is 32.6 Å². The second-order valence-electron chi connectivity index (χ2n) is 8.18. The van der Waals surface area contributed by atoms with Gasteiger partial charge >= 0.3 is 0 Å². The maximum atomic E-state index is 12.0. The number of anilines is 1. The molecule has 0 fully saturated rings. The van der Waals surface area contributed by atoms with Crippen molar-refractivity contribution in [2.75, 3.05) is 10.5 Å². The third-order valence-electron chi connectivity index (χ3n) is 5.25. The van der Waals surface area contributed by atoms with Crippen LogP contribution in [0, 0.1) is 0 Å². The SMILES string of the molecule is CCCCCCCCCCCCC(Oc1ccc(NS(=O)(=O)CCCC)cc1)C(=O)Cl. The van der Waals surface area contributed by atoms with E-state index in [9.17, 15) is 13.2 Å². The van der Waals surface area contributed by atoms with Gasteiger partial charge in [-0.2, -0.15) is 0 Å². The Labute approximate surface area is 194 Å². The molecule has 0 heterocycles. The number of unbranched alkanes of at least 4 members (excludes halogenated alkanes) is 10. The van der Waals surface area contributed by atoms with Gasteiger partial charge in [-0.15, -0.1) is 0 Å². The fourth-order valence-corrected chi connectivity index (χ4v) is 4.79. The van der Waals surface area contributed by atoms with Gasteiger partial charge in [0.15, 0.2) is 6.10 Å². The molecular formula is C24H40ClNO4S. The molecular weight excluding hydrogens is 434 g/mol. The normalized spacial score (nSPS) is 12.5. The molecule has 0 amide bonds. The Kier molecular flexibility index (Phi) is 14.7. The molecule has 1 aromatic carbocycles. The summed E-state index contributed by atoms with van der Waals surface area (Å²) in [7, 11) is -3.34. The van der Waals surface area contributed by atoms with E-state index in [2.05, 4.69) is 11.6 Å². The average Bonchev–Trinajstić information content (AvgIpc) is 2.73. The molecule has 1 unspecified atom stereocenters. The molecule has 0 saturated carbocycles. The predicted molar refractivity (Wildman–Crippen MR) is 130 cm³/mol. The summed E-state index contributed by atoms with van der Waals surface area (Å²) < 4.78 is 32.3. The monoisotopic (exact) mass is 473 g/mol. The van der Waals surface area contributed by atoms with Gasteiger partial charge in [-0.25, -0.2) is 8.42 Å². The van der Waals surface area contributed by atoms with E-state index >= 15 is 0 Å². The molecule has 1 aromatic rings. The van der Waals surface area contributed by atoms with Gasteiger partial charge in [-0.3, -0.25) is 9.52 Å². The Morgan fingerprint density at radius 3 is 1.90 bits per heavy atom. The number of halogens is 1. The Hall–Kier alpha value is -1.27. The molecule has 0 bridgehead atoms. The van der Waals surface area contributed by atoms with Crippen LogP contribution in [0.15, 0.2) is 24.3 Å². The van der Waals surface area contributed by atoms with Crippen molar-refractivity contribution < 1.29 is 17.9 Å². The van der Waals surface area contributed by atoms with E-state index in [1.165, 1.54) is 51.4 Å². The van der Waals surface area contributed by atoms with Gasteiger partial charge in [0, 0.05) is 5.69 Å². The van der Waals surface area contributed by atoms with Crippen LogP contribution in [0.2, 0.25) is 0 Å². The molecule has 1 atom stereocenters. The molecule has 1 N–H and O–H groups in total. The van der Waals surface area contributed by atoms with Crippen molar-refractivity contribution in [3.8, 4) is 5.75 Å².